The van der Waals surface area contributed by atoms with Crippen molar-refractivity contribution >= 4 is 17.3 Å². The summed E-state index contributed by atoms with van der Waals surface area (Å²) in [5, 5.41) is 25.7. The molecule has 1 N–H and O–H groups in total. The molecule has 5 aliphatic rings. The number of non-ortho nitro benzene ring substituents is 1. The number of carbonyl (C=O) groups is 1. The molecule has 1 aromatic carbocycles. The van der Waals surface area contributed by atoms with Gasteiger partial charge in [-0.3, -0.25) is 19.9 Å². The zero-order valence-corrected chi connectivity index (χ0v) is 15.7. The summed E-state index contributed by atoms with van der Waals surface area (Å²) in [6.07, 6.45) is 4.65. The number of rotatable bonds is 3. The van der Waals surface area contributed by atoms with Crippen molar-refractivity contribution in [1.29, 1.82) is 0 Å². The maximum absolute atomic E-state index is 13.1. The molecule has 0 aromatic heterocycles. The first kappa shape index (κ1) is 17.0. The van der Waals surface area contributed by atoms with Crippen LogP contribution in [0.2, 0.25) is 0 Å². The summed E-state index contributed by atoms with van der Waals surface area (Å²) in [5.41, 5.74) is -0.347. The predicted molar refractivity (Wildman–Crippen MR) is 98.8 cm³/mol. The molecule has 7 nitrogen and oxygen atoms in total. The fourth-order valence-electron chi connectivity index (χ4n) is 6.47. The van der Waals surface area contributed by atoms with Gasteiger partial charge >= 0.3 is 0 Å². The van der Waals surface area contributed by atoms with E-state index in [1.807, 2.05) is 23.9 Å². The molecule has 5 fully saturated rings. The third-order valence-corrected chi connectivity index (χ3v) is 7.26. The molecule has 6 rings (SSSR count). The minimum atomic E-state index is -0.665. The first-order valence-corrected chi connectivity index (χ1v) is 9.80. The van der Waals surface area contributed by atoms with E-state index in [1.54, 1.807) is 12.1 Å². The van der Waals surface area contributed by atoms with Gasteiger partial charge in [0.05, 0.1) is 22.3 Å². The Bertz CT molecular complexity index is 805. The van der Waals surface area contributed by atoms with Crippen molar-refractivity contribution in [1.82, 2.24) is 5.01 Å². The Labute approximate surface area is 158 Å². The summed E-state index contributed by atoms with van der Waals surface area (Å²) in [6, 6.07) is 6.56. The van der Waals surface area contributed by atoms with E-state index >= 15 is 0 Å². The van der Waals surface area contributed by atoms with Gasteiger partial charge in [0.1, 0.15) is 5.54 Å². The van der Waals surface area contributed by atoms with Gasteiger partial charge in [0, 0.05) is 12.1 Å². The van der Waals surface area contributed by atoms with Gasteiger partial charge < -0.3 is 5.11 Å². The minimum Gasteiger partial charge on any atom is -0.390 e. The number of nitro benzene ring substituents is 1. The van der Waals surface area contributed by atoms with E-state index in [0.29, 0.717) is 17.8 Å². The lowest BCUT2D eigenvalue weighted by molar-refractivity contribution is -0.384. The fourth-order valence-corrected chi connectivity index (χ4v) is 6.47. The monoisotopic (exact) mass is 371 g/mol. The van der Waals surface area contributed by atoms with E-state index in [2.05, 4.69) is 0 Å². The van der Waals surface area contributed by atoms with E-state index in [1.165, 1.54) is 12.1 Å². The third-order valence-electron chi connectivity index (χ3n) is 7.26. The highest BCUT2D eigenvalue weighted by Crippen LogP contribution is 2.58. The molecule has 144 valence electrons. The van der Waals surface area contributed by atoms with Gasteiger partial charge in [0.25, 0.3) is 11.6 Å². The number of hydrazine groups is 1. The summed E-state index contributed by atoms with van der Waals surface area (Å²) in [6.45, 7) is 3.80. The molecule has 1 aromatic rings. The second kappa shape index (κ2) is 5.22. The van der Waals surface area contributed by atoms with Crippen molar-refractivity contribution in [3.8, 4) is 0 Å². The van der Waals surface area contributed by atoms with Crippen molar-refractivity contribution in [3.63, 3.8) is 0 Å². The lowest BCUT2D eigenvalue weighted by Crippen LogP contribution is -2.80. The molecule has 4 aliphatic carbocycles. The molecule has 1 heterocycles. The normalized spacial score (nSPS) is 38.9. The lowest BCUT2D eigenvalue weighted by atomic mass is 9.52. The maximum atomic E-state index is 13.1. The van der Waals surface area contributed by atoms with Crippen molar-refractivity contribution < 1.29 is 14.8 Å². The van der Waals surface area contributed by atoms with Crippen LogP contribution in [0, 0.1) is 27.9 Å². The highest BCUT2D eigenvalue weighted by Gasteiger charge is 2.63. The number of nitro groups is 1. The van der Waals surface area contributed by atoms with Crippen LogP contribution >= 0.6 is 0 Å². The average molecular weight is 371 g/mol. The predicted octanol–water partition coefficient (Wildman–Crippen LogP) is 2.88. The molecule has 1 amide bonds. The van der Waals surface area contributed by atoms with Crippen LogP contribution in [0.15, 0.2) is 24.3 Å². The number of benzene rings is 1. The summed E-state index contributed by atoms with van der Waals surface area (Å²) in [5.74, 6) is 1.36. The van der Waals surface area contributed by atoms with Gasteiger partial charge in [-0.2, -0.15) is 0 Å². The smallest absolute Gasteiger partial charge is 0.269 e. The first-order valence-electron chi connectivity index (χ1n) is 9.80. The molecule has 1 saturated heterocycles. The van der Waals surface area contributed by atoms with Gasteiger partial charge in [-0.05, 0) is 75.8 Å². The third kappa shape index (κ3) is 2.27. The molecule has 0 spiro atoms. The van der Waals surface area contributed by atoms with Crippen molar-refractivity contribution in [2.75, 3.05) is 5.01 Å². The zero-order chi connectivity index (χ0) is 19.1. The number of anilines is 1. The van der Waals surface area contributed by atoms with E-state index in [0.717, 1.165) is 37.8 Å². The second-order valence-electron chi connectivity index (χ2n) is 9.48. The highest BCUT2D eigenvalue weighted by molar-refractivity contribution is 5.98. The van der Waals surface area contributed by atoms with Crippen molar-refractivity contribution in [3.05, 3.63) is 34.4 Å². The molecular formula is C20H25N3O4. The number of nitrogens with zero attached hydrogens (tertiary/aromatic N) is 3. The largest absolute Gasteiger partial charge is 0.390 e. The van der Waals surface area contributed by atoms with Crippen LogP contribution in [0.3, 0.4) is 0 Å². The SMILES string of the molecule is CC1(C)C(=O)N(C2[C@H]3CC4C[C@H]2CC(O)(C4)C3)N1c1ccc([N+](=O)[O-])cc1. The molecule has 4 bridgehead atoms. The number of hydrogen-bond acceptors (Lipinski definition) is 5. The van der Waals surface area contributed by atoms with Crippen LogP contribution in [0.25, 0.3) is 0 Å². The van der Waals surface area contributed by atoms with Crippen LogP contribution < -0.4 is 5.01 Å². The number of aliphatic hydroxyl groups is 1. The van der Waals surface area contributed by atoms with Gasteiger partial charge in [-0.1, -0.05) is 0 Å². The van der Waals surface area contributed by atoms with Crippen LogP contribution in [-0.4, -0.2) is 38.1 Å². The average Bonchev–Trinajstić information content (AvgIpc) is 2.58. The van der Waals surface area contributed by atoms with E-state index in [4.69, 9.17) is 0 Å². The fraction of sp³-hybridized carbons (Fsp3) is 0.650. The maximum Gasteiger partial charge on any atom is 0.269 e. The van der Waals surface area contributed by atoms with Gasteiger partial charge in [-0.25, -0.2) is 5.01 Å². The van der Waals surface area contributed by atoms with Crippen LogP contribution in [-0.2, 0) is 4.79 Å². The quantitative estimate of drug-likeness (QED) is 0.652. The van der Waals surface area contributed by atoms with Gasteiger partial charge in [0.15, 0.2) is 0 Å². The zero-order valence-electron chi connectivity index (χ0n) is 15.7. The topological polar surface area (TPSA) is 86.9 Å². The Hall–Kier alpha value is -2.15. The van der Waals surface area contributed by atoms with Crippen LogP contribution in [0.1, 0.15) is 46.0 Å². The molecule has 2 atom stereocenters. The Balaban J connectivity index is 1.48. The molecule has 7 heteroatoms. The standard InChI is InChI=1S/C20H25N3O4/c1-19(2)18(24)21(22(19)15-3-5-16(6-4-15)23(26)27)17-13-7-12-8-14(17)11-20(25,9-12)10-13/h3-6,12-14,17,25H,7-11H2,1-2H3/t12?,13-,14-,17?,20?/m0/s1. The number of hydrogen-bond donors (Lipinski definition) is 1. The van der Waals surface area contributed by atoms with Crippen LogP contribution in [0.4, 0.5) is 11.4 Å². The Morgan fingerprint density at radius 3 is 2.22 bits per heavy atom. The molecule has 1 aliphatic heterocycles. The van der Waals surface area contributed by atoms with Crippen molar-refractivity contribution in [2.24, 2.45) is 17.8 Å². The van der Waals surface area contributed by atoms with Crippen LogP contribution in [0.5, 0.6) is 0 Å². The Kier molecular flexibility index (Phi) is 3.28. The summed E-state index contributed by atoms with van der Waals surface area (Å²) in [4.78, 5) is 23.6. The minimum absolute atomic E-state index is 0.0480. The summed E-state index contributed by atoms with van der Waals surface area (Å²) < 4.78 is 0. The number of carbonyl (C=O) groups excluding carboxylic acids is 1. The molecule has 0 unspecified atom stereocenters. The van der Waals surface area contributed by atoms with Gasteiger partial charge in [-0.15, -0.1) is 0 Å². The molecular weight excluding hydrogens is 346 g/mol. The Morgan fingerprint density at radius 2 is 1.70 bits per heavy atom. The second-order valence-corrected chi connectivity index (χ2v) is 9.48. The van der Waals surface area contributed by atoms with Crippen molar-refractivity contribution in [2.45, 2.75) is 63.1 Å². The van der Waals surface area contributed by atoms with Gasteiger partial charge in [0.2, 0.25) is 0 Å². The van der Waals surface area contributed by atoms with E-state index in [-0.39, 0.29) is 17.6 Å². The highest BCUT2D eigenvalue weighted by atomic mass is 16.6. The van der Waals surface area contributed by atoms with E-state index < -0.39 is 16.1 Å². The molecule has 0 radical (unpaired) electrons. The Morgan fingerprint density at radius 1 is 1.11 bits per heavy atom. The first-order chi connectivity index (χ1) is 12.7. The van der Waals surface area contributed by atoms with E-state index in [9.17, 15) is 20.0 Å². The number of amides is 1. The molecule has 27 heavy (non-hydrogen) atoms. The summed E-state index contributed by atoms with van der Waals surface area (Å²) in [7, 11) is 0. The molecule has 4 saturated carbocycles. The summed E-state index contributed by atoms with van der Waals surface area (Å²) >= 11 is 0. The lowest BCUT2D eigenvalue weighted by Gasteiger charge is -2.67.